The van der Waals surface area contributed by atoms with Crippen molar-refractivity contribution in [1.82, 2.24) is 15.0 Å². The van der Waals surface area contributed by atoms with Crippen LogP contribution in [0.15, 0.2) is 18.2 Å². The highest BCUT2D eigenvalue weighted by molar-refractivity contribution is 5.62. The van der Waals surface area contributed by atoms with Gasteiger partial charge in [-0.25, -0.2) is 0 Å². The van der Waals surface area contributed by atoms with Crippen molar-refractivity contribution in [3.63, 3.8) is 0 Å². The molecule has 2 rings (SSSR count). The number of nitrogens with zero attached hydrogens (tertiary/aromatic N) is 3. The Labute approximate surface area is 116 Å². The summed E-state index contributed by atoms with van der Waals surface area (Å²) in [5.74, 6) is 2.21. The molecule has 2 aromatic rings. The van der Waals surface area contributed by atoms with Crippen molar-refractivity contribution in [1.29, 1.82) is 0 Å². The van der Waals surface area contributed by atoms with E-state index in [1.54, 1.807) is 27.3 Å². The van der Waals surface area contributed by atoms with E-state index in [-0.39, 0.29) is 6.01 Å². The molecule has 0 spiro atoms. The van der Waals surface area contributed by atoms with E-state index >= 15 is 0 Å². The van der Waals surface area contributed by atoms with Crippen LogP contribution in [-0.4, -0.2) is 43.3 Å². The normalized spacial score (nSPS) is 10.0. The van der Waals surface area contributed by atoms with Gasteiger partial charge in [0, 0.05) is 18.7 Å². The second-order valence-corrected chi connectivity index (χ2v) is 3.82. The molecule has 1 heterocycles. The summed E-state index contributed by atoms with van der Waals surface area (Å²) in [5, 5.41) is 2.86. The van der Waals surface area contributed by atoms with Gasteiger partial charge in [0.05, 0.1) is 21.3 Å². The average Bonchev–Trinajstić information content (AvgIpc) is 2.53. The maximum Gasteiger partial charge on any atom is 0.321 e. The lowest BCUT2D eigenvalue weighted by atomic mass is 10.2. The summed E-state index contributed by atoms with van der Waals surface area (Å²) < 4.78 is 15.5. The van der Waals surface area contributed by atoms with Crippen molar-refractivity contribution in [3.05, 3.63) is 18.2 Å². The Morgan fingerprint density at radius 3 is 2.00 bits per heavy atom. The van der Waals surface area contributed by atoms with Crippen LogP contribution >= 0.6 is 0 Å². The zero-order valence-electron chi connectivity index (χ0n) is 11.8. The molecule has 20 heavy (non-hydrogen) atoms. The number of ether oxygens (including phenoxy) is 3. The third kappa shape index (κ3) is 2.87. The molecule has 0 aliphatic heterocycles. The SMILES string of the molecule is CNc1nc(OC)nc(-c2cc(OC)cc(OC)c2)n1. The zero-order chi connectivity index (χ0) is 14.5. The molecular weight excluding hydrogens is 260 g/mol. The van der Waals surface area contributed by atoms with Crippen molar-refractivity contribution in [2.75, 3.05) is 33.7 Å². The van der Waals surface area contributed by atoms with Gasteiger partial charge in [-0.2, -0.15) is 15.0 Å². The predicted octanol–water partition coefficient (Wildman–Crippen LogP) is 1.61. The minimum absolute atomic E-state index is 0.237. The minimum Gasteiger partial charge on any atom is -0.497 e. The van der Waals surface area contributed by atoms with Crippen LogP contribution in [0.25, 0.3) is 11.4 Å². The van der Waals surface area contributed by atoms with Crippen molar-refractivity contribution in [2.45, 2.75) is 0 Å². The van der Waals surface area contributed by atoms with Crippen molar-refractivity contribution in [2.24, 2.45) is 0 Å². The monoisotopic (exact) mass is 276 g/mol. The topological polar surface area (TPSA) is 78.4 Å². The number of hydrogen-bond donors (Lipinski definition) is 1. The Morgan fingerprint density at radius 2 is 1.50 bits per heavy atom. The molecule has 0 fully saturated rings. The van der Waals surface area contributed by atoms with E-state index in [2.05, 4.69) is 20.3 Å². The van der Waals surface area contributed by atoms with E-state index in [0.717, 1.165) is 5.56 Å². The predicted molar refractivity (Wildman–Crippen MR) is 74.5 cm³/mol. The van der Waals surface area contributed by atoms with Crippen molar-refractivity contribution >= 4 is 5.95 Å². The van der Waals surface area contributed by atoms with Crippen LogP contribution in [0, 0.1) is 0 Å². The Bertz CT molecular complexity index is 506. The number of hydrogen-bond acceptors (Lipinski definition) is 7. The molecule has 0 radical (unpaired) electrons. The molecule has 0 saturated heterocycles. The van der Waals surface area contributed by atoms with Gasteiger partial charge in [0.15, 0.2) is 5.82 Å². The van der Waals surface area contributed by atoms with E-state index in [1.807, 2.05) is 12.1 Å². The molecule has 0 aliphatic carbocycles. The van der Waals surface area contributed by atoms with E-state index < -0.39 is 0 Å². The molecule has 0 bridgehead atoms. The van der Waals surface area contributed by atoms with Gasteiger partial charge in [-0.15, -0.1) is 0 Å². The van der Waals surface area contributed by atoms with Gasteiger partial charge in [0.25, 0.3) is 0 Å². The lowest BCUT2D eigenvalue weighted by Crippen LogP contribution is -2.03. The molecular formula is C13H16N4O3. The highest BCUT2D eigenvalue weighted by Crippen LogP contribution is 2.28. The quantitative estimate of drug-likeness (QED) is 0.888. The minimum atomic E-state index is 0.237. The third-order valence-electron chi connectivity index (χ3n) is 2.63. The number of rotatable bonds is 5. The van der Waals surface area contributed by atoms with Gasteiger partial charge in [-0.1, -0.05) is 0 Å². The lowest BCUT2D eigenvalue weighted by molar-refractivity contribution is 0.379. The summed E-state index contributed by atoms with van der Waals surface area (Å²) in [6.45, 7) is 0. The van der Waals surface area contributed by atoms with Crippen LogP contribution in [0.1, 0.15) is 0 Å². The second kappa shape index (κ2) is 6.05. The highest BCUT2D eigenvalue weighted by Gasteiger charge is 2.11. The molecule has 0 amide bonds. The Balaban J connectivity index is 2.54. The van der Waals surface area contributed by atoms with E-state index in [0.29, 0.717) is 23.3 Å². The maximum absolute atomic E-state index is 5.23. The number of anilines is 1. The van der Waals surface area contributed by atoms with Crippen molar-refractivity contribution in [3.8, 4) is 28.9 Å². The summed E-state index contributed by atoms with van der Waals surface area (Å²) in [6.07, 6.45) is 0. The molecule has 106 valence electrons. The number of methoxy groups -OCH3 is 3. The number of nitrogens with one attached hydrogen (secondary N) is 1. The van der Waals surface area contributed by atoms with E-state index in [4.69, 9.17) is 14.2 Å². The van der Waals surface area contributed by atoms with Crippen LogP contribution in [0.5, 0.6) is 17.5 Å². The zero-order valence-corrected chi connectivity index (χ0v) is 11.8. The average molecular weight is 276 g/mol. The van der Waals surface area contributed by atoms with Gasteiger partial charge in [-0.05, 0) is 12.1 Å². The molecule has 7 heteroatoms. The highest BCUT2D eigenvalue weighted by atomic mass is 16.5. The van der Waals surface area contributed by atoms with Gasteiger partial charge >= 0.3 is 6.01 Å². The fourth-order valence-corrected chi connectivity index (χ4v) is 1.63. The lowest BCUT2D eigenvalue weighted by Gasteiger charge is -2.09. The number of benzene rings is 1. The Morgan fingerprint density at radius 1 is 0.850 bits per heavy atom. The molecule has 7 nitrogen and oxygen atoms in total. The fraction of sp³-hybridized carbons (Fsp3) is 0.308. The van der Waals surface area contributed by atoms with E-state index in [1.165, 1.54) is 7.11 Å². The molecule has 0 aliphatic rings. The molecule has 0 atom stereocenters. The largest absolute Gasteiger partial charge is 0.497 e. The van der Waals surface area contributed by atoms with Gasteiger partial charge in [-0.3, -0.25) is 0 Å². The van der Waals surface area contributed by atoms with Crippen molar-refractivity contribution < 1.29 is 14.2 Å². The smallest absolute Gasteiger partial charge is 0.321 e. The van der Waals surface area contributed by atoms with Gasteiger partial charge in [0.2, 0.25) is 5.95 Å². The van der Waals surface area contributed by atoms with Crippen LogP contribution in [0.3, 0.4) is 0 Å². The second-order valence-electron chi connectivity index (χ2n) is 3.82. The Hall–Kier alpha value is -2.57. The van der Waals surface area contributed by atoms with Crippen LogP contribution < -0.4 is 19.5 Å². The first-order chi connectivity index (χ1) is 9.69. The maximum atomic E-state index is 5.23. The molecule has 1 N–H and O–H groups in total. The summed E-state index contributed by atoms with van der Waals surface area (Å²) in [7, 11) is 6.41. The molecule has 1 aromatic carbocycles. The molecule has 0 unspecified atom stereocenters. The standard InChI is InChI=1S/C13H16N4O3/c1-14-12-15-11(16-13(17-12)20-4)8-5-9(18-2)7-10(6-8)19-3/h5-7H,1-4H3,(H,14,15,16,17). The van der Waals surface area contributed by atoms with Gasteiger partial charge in [0.1, 0.15) is 11.5 Å². The third-order valence-corrected chi connectivity index (χ3v) is 2.63. The summed E-state index contributed by atoms with van der Waals surface area (Å²) >= 11 is 0. The number of aromatic nitrogens is 3. The summed E-state index contributed by atoms with van der Waals surface area (Å²) in [4.78, 5) is 12.6. The van der Waals surface area contributed by atoms with Crippen LogP contribution in [-0.2, 0) is 0 Å². The summed E-state index contributed by atoms with van der Waals surface area (Å²) in [6, 6.07) is 5.65. The Kier molecular flexibility index (Phi) is 4.19. The van der Waals surface area contributed by atoms with Crippen LogP contribution in [0.4, 0.5) is 5.95 Å². The van der Waals surface area contributed by atoms with E-state index in [9.17, 15) is 0 Å². The first-order valence-corrected chi connectivity index (χ1v) is 5.91. The summed E-state index contributed by atoms with van der Waals surface area (Å²) in [5.41, 5.74) is 0.749. The first-order valence-electron chi connectivity index (χ1n) is 5.91. The molecule has 1 aromatic heterocycles. The molecule has 0 saturated carbocycles. The van der Waals surface area contributed by atoms with Crippen LogP contribution in [0.2, 0.25) is 0 Å². The first kappa shape index (κ1) is 13.9. The van der Waals surface area contributed by atoms with Gasteiger partial charge < -0.3 is 19.5 Å². The fourth-order valence-electron chi connectivity index (χ4n) is 1.63.